The number of primary amides is 1. The van der Waals surface area contributed by atoms with Crippen LogP contribution in [0.2, 0.25) is 0 Å². The van der Waals surface area contributed by atoms with E-state index in [1.165, 1.54) is 11.4 Å². The maximum absolute atomic E-state index is 13.0. The summed E-state index contributed by atoms with van der Waals surface area (Å²) in [6.07, 6.45) is 4.20. The Kier molecular flexibility index (Phi) is 5.48. The third kappa shape index (κ3) is 4.56. The molecule has 1 aliphatic carbocycles. The fourth-order valence-electron chi connectivity index (χ4n) is 1.98. The van der Waals surface area contributed by atoms with E-state index in [0.29, 0.717) is 31.1 Å². The number of quaternary nitrogens is 1. The van der Waals surface area contributed by atoms with E-state index in [-0.39, 0.29) is 5.82 Å². The van der Waals surface area contributed by atoms with Gasteiger partial charge in [0.2, 0.25) is 0 Å². The van der Waals surface area contributed by atoms with Gasteiger partial charge in [-0.15, -0.1) is 0 Å². The van der Waals surface area contributed by atoms with E-state index in [4.69, 9.17) is 10.5 Å². The predicted molar refractivity (Wildman–Crippen MR) is 82.5 cm³/mol. The first-order valence-corrected chi connectivity index (χ1v) is 7.11. The van der Waals surface area contributed by atoms with Crippen LogP contribution in [-0.4, -0.2) is 30.4 Å². The van der Waals surface area contributed by atoms with E-state index in [1.54, 1.807) is 25.1 Å². The molecule has 0 bridgehead atoms. The van der Waals surface area contributed by atoms with Crippen LogP contribution in [0.25, 0.3) is 0 Å². The molecule has 22 heavy (non-hydrogen) atoms. The molecule has 6 nitrogen and oxygen atoms in total. The normalized spacial score (nSPS) is 17.0. The molecule has 0 aliphatic heterocycles. The van der Waals surface area contributed by atoms with Gasteiger partial charge in [0, 0.05) is 19.0 Å². The number of aromatic nitrogens is 1. The van der Waals surface area contributed by atoms with Gasteiger partial charge >= 0.3 is 6.09 Å². The fraction of sp³-hybridized carbons (Fsp3) is 0.333. The van der Waals surface area contributed by atoms with Crippen molar-refractivity contribution in [2.24, 2.45) is 0 Å². The number of nitrogens with two attached hydrogens (primary N) is 2. The van der Waals surface area contributed by atoms with E-state index < -0.39 is 12.3 Å². The van der Waals surface area contributed by atoms with Crippen LogP contribution in [0.5, 0.6) is 0 Å². The number of carbonyl (C=O) groups excluding carboxylic acids is 1. The van der Waals surface area contributed by atoms with Gasteiger partial charge in [-0.3, -0.25) is 0 Å². The quantitative estimate of drug-likeness (QED) is 0.769. The van der Waals surface area contributed by atoms with Crippen LogP contribution >= 0.6 is 0 Å². The second-order valence-corrected chi connectivity index (χ2v) is 4.81. The Morgan fingerprint density at radius 3 is 3.05 bits per heavy atom. The molecule has 1 atom stereocenters. The number of rotatable bonds is 5. The van der Waals surface area contributed by atoms with Crippen molar-refractivity contribution in [1.82, 2.24) is 4.98 Å². The summed E-state index contributed by atoms with van der Waals surface area (Å²) in [6, 6.07) is 3.43. The molecule has 0 aromatic carbocycles. The minimum atomic E-state index is -0.893. The van der Waals surface area contributed by atoms with Gasteiger partial charge < -0.3 is 15.8 Å². The Labute approximate surface area is 128 Å². The SMILES string of the molecule is CCOC(=O)[NH2+]c1ccc(NCC2=CCC(F)C=C2)nc1N. The van der Waals surface area contributed by atoms with Gasteiger partial charge in [0.15, 0.2) is 11.5 Å². The highest BCUT2D eigenvalue weighted by molar-refractivity contribution is 5.64. The number of anilines is 2. The van der Waals surface area contributed by atoms with Crippen molar-refractivity contribution in [2.75, 3.05) is 24.2 Å². The van der Waals surface area contributed by atoms with Crippen LogP contribution in [0, 0.1) is 0 Å². The monoisotopic (exact) mass is 307 g/mol. The molecule has 1 aromatic rings. The molecule has 2 rings (SSSR count). The Morgan fingerprint density at radius 2 is 2.41 bits per heavy atom. The summed E-state index contributed by atoms with van der Waals surface area (Å²) in [5.41, 5.74) is 7.34. The Hall–Kier alpha value is -2.41. The average Bonchev–Trinajstić information content (AvgIpc) is 2.49. The van der Waals surface area contributed by atoms with Gasteiger partial charge in [0.1, 0.15) is 12.0 Å². The number of halogens is 1. The second kappa shape index (κ2) is 7.56. The van der Waals surface area contributed by atoms with Crippen LogP contribution in [-0.2, 0) is 4.74 Å². The minimum Gasteiger partial charge on any atom is -0.420 e. The topological polar surface area (TPSA) is 93.8 Å². The maximum Gasteiger partial charge on any atom is 0.517 e. The molecule has 7 heteroatoms. The molecule has 0 saturated heterocycles. The number of alkyl halides is 1. The summed E-state index contributed by atoms with van der Waals surface area (Å²) in [5.74, 6) is 0.838. The average molecular weight is 307 g/mol. The number of hydrogen-bond acceptors (Lipinski definition) is 5. The molecule has 1 aromatic heterocycles. The predicted octanol–water partition coefficient (Wildman–Crippen LogP) is 1.65. The van der Waals surface area contributed by atoms with Crippen LogP contribution in [0.15, 0.2) is 35.9 Å². The maximum atomic E-state index is 13.0. The summed E-state index contributed by atoms with van der Waals surface area (Å²) in [7, 11) is 0. The van der Waals surface area contributed by atoms with Gasteiger partial charge in [-0.25, -0.2) is 14.7 Å². The Morgan fingerprint density at radius 1 is 1.59 bits per heavy atom. The van der Waals surface area contributed by atoms with Crippen LogP contribution in [0.4, 0.5) is 26.5 Å². The highest BCUT2D eigenvalue weighted by Crippen LogP contribution is 2.16. The third-order valence-corrected chi connectivity index (χ3v) is 3.12. The van der Waals surface area contributed by atoms with Crippen LogP contribution < -0.4 is 16.4 Å². The zero-order chi connectivity index (χ0) is 15.9. The zero-order valence-corrected chi connectivity index (χ0v) is 12.4. The molecule has 1 aliphatic rings. The van der Waals surface area contributed by atoms with Crippen LogP contribution in [0.1, 0.15) is 13.3 Å². The Balaban J connectivity index is 1.92. The highest BCUT2D eigenvalue weighted by atomic mass is 19.1. The summed E-state index contributed by atoms with van der Waals surface area (Å²) in [6.45, 7) is 2.58. The Bertz CT molecular complexity index is 601. The number of carbonyl (C=O) groups is 1. The van der Waals surface area contributed by atoms with E-state index >= 15 is 0 Å². The van der Waals surface area contributed by atoms with Crippen molar-refractivity contribution in [3.63, 3.8) is 0 Å². The summed E-state index contributed by atoms with van der Waals surface area (Å²) < 4.78 is 17.8. The van der Waals surface area contributed by atoms with Crippen molar-refractivity contribution >= 4 is 23.4 Å². The number of hydrogen-bond donors (Lipinski definition) is 3. The zero-order valence-electron chi connectivity index (χ0n) is 12.4. The summed E-state index contributed by atoms with van der Waals surface area (Å²) in [4.78, 5) is 15.6. The molecule has 118 valence electrons. The minimum absolute atomic E-state index is 0.245. The summed E-state index contributed by atoms with van der Waals surface area (Å²) in [5, 5.41) is 4.42. The molecule has 1 heterocycles. The van der Waals surface area contributed by atoms with E-state index in [9.17, 15) is 9.18 Å². The molecule has 5 N–H and O–H groups in total. The van der Waals surface area contributed by atoms with Crippen molar-refractivity contribution in [3.8, 4) is 0 Å². The lowest BCUT2D eigenvalue weighted by Crippen LogP contribution is -2.82. The van der Waals surface area contributed by atoms with E-state index in [1.807, 2.05) is 6.08 Å². The van der Waals surface area contributed by atoms with Crippen molar-refractivity contribution in [2.45, 2.75) is 19.5 Å². The fourth-order valence-corrected chi connectivity index (χ4v) is 1.98. The number of ether oxygens (including phenoxy) is 1. The molecule has 0 radical (unpaired) electrons. The first-order chi connectivity index (χ1) is 10.6. The largest absolute Gasteiger partial charge is 0.517 e. The van der Waals surface area contributed by atoms with Gasteiger partial charge in [-0.1, -0.05) is 18.2 Å². The molecular formula is C15H20FN4O2+. The van der Waals surface area contributed by atoms with Crippen molar-refractivity contribution in [3.05, 3.63) is 35.9 Å². The molecule has 0 spiro atoms. The third-order valence-electron chi connectivity index (χ3n) is 3.12. The first kappa shape index (κ1) is 16.0. The smallest absolute Gasteiger partial charge is 0.420 e. The van der Waals surface area contributed by atoms with Gasteiger partial charge in [-0.2, -0.15) is 4.79 Å². The molecule has 1 amide bonds. The second-order valence-electron chi connectivity index (χ2n) is 4.81. The van der Waals surface area contributed by atoms with Crippen molar-refractivity contribution in [1.29, 1.82) is 0 Å². The van der Waals surface area contributed by atoms with Gasteiger partial charge in [0.05, 0.1) is 6.61 Å². The number of nitrogens with zero attached hydrogens (tertiary/aromatic N) is 1. The van der Waals surface area contributed by atoms with E-state index in [0.717, 1.165) is 5.57 Å². The lowest BCUT2D eigenvalue weighted by Gasteiger charge is -2.11. The highest BCUT2D eigenvalue weighted by Gasteiger charge is 2.13. The molecule has 1 unspecified atom stereocenters. The first-order valence-electron chi connectivity index (χ1n) is 7.11. The number of allylic oxidation sites excluding steroid dienone is 2. The summed E-state index contributed by atoms with van der Waals surface area (Å²) >= 11 is 0. The van der Waals surface area contributed by atoms with E-state index in [2.05, 4.69) is 10.3 Å². The van der Waals surface area contributed by atoms with Gasteiger partial charge in [-0.05, 0) is 18.6 Å². The standard InChI is InChI=1S/C15H19FN4O2/c1-2-22-15(21)19-12-7-8-13(20-14(12)17)18-9-10-3-5-11(16)6-4-10/h3-5,7-8,11H,2,6,9H2,1H3,(H,19,21)(H3,17,18,20)/p+1. The number of nitrogen functional groups attached to an aromatic ring is 1. The molecular weight excluding hydrogens is 287 g/mol. The lowest BCUT2D eigenvalue weighted by molar-refractivity contribution is -0.482. The number of nitrogens with one attached hydrogen (secondary N) is 1. The van der Waals surface area contributed by atoms with Gasteiger partial charge in [0.25, 0.3) is 0 Å². The molecule has 0 fully saturated rings. The molecule has 0 saturated carbocycles. The lowest BCUT2D eigenvalue weighted by atomic mass is 10.1. The van der Waals surface area contributed by atoms with Crippen LogP contribution in [0.3, 0.4) is 0 Å². The van der Waals surface area contributed by atoms with Crippen molar-refractivity contribution < 1.29 is 19.2 Å². The number of pyridine rings is 1. The number of amides is 1.